The summed E-state index contributed by atoms with van der Waals surface area (Å²) in [4.78, 5) is 21.4. The van der Waals surface area contributed by atoms with Crippen LogP contribution in [0.3, 0.4) is 0 Å². The fourth-order valence-corrected chi connectivity index (χ4v) is 5.22. The molecule has 0 saturated heterocycles. The molecule has 0 aliphatic carbocycles. The molecule has 0 radical (unpaired) electrons. The predicted molar refractivity (Wildman–Crippen MR) is 122 cm³/mol. The maximum Gasteiger partial charge on any atom is 0.236 e. The lowest BCUT2D eigenvalue weighted by atomic mass is 10.1. The summed E-state index contributed by atoms with van der Waals surface area (Å²) in [5, 5.41) is 5.50. The number of fused-ring (bicyclic) bond motifs is 1. The van der Waals surface area contributed by atoms with Crippen molar-refractivity contribution in [2.45, 2.75) is 18.2 Å². The van der Waals surface area contributed by atoms with Crippen molar-refractivity contribution in [2.24, 2.45) is 0 Å². The first-order chi connectivity index (χ1) is 14.1. The second-order valence-electron chi connectivity index (χ2n) is 6.28. The van der Waals surface area contributed by atoms with Crippen molar-refractivity contribution in [2.75, 3.05) is 17.7 Å². The fraction of sp³-hybridized carbons (Fsp3) is 0.190. The van der Waals surface area contributed by atoms with Crippen LogP contribution in [0.4, 0.5) is 5.13 Å². The number of ether oxygens (including phenoxy) is 1. The predicted octanol–water partition coefficient (Wildman–Crippen LogP) is 5.86. The summed E-state index contributed by atoms with van der Waals surface area (Å²) < 4.78 is 7.38. The van der Waals surface area contributed by atoms with Crippen LogP contribution in [-0.2, 0) is 4.79 Å². The number of thiazole rings is 2. The summed E-state index contributed by atoms with van der Waals surface area (Å²) in [6, 6.07) is 14.0. The molecule has 0 aliphatic rings. The van der Waals surface area contributed by atoms with Gasteiger partial charge in [-0.3, -0.25) is 4.79 Å². The van der Waals surface area contributed by atoms with Crippen LogP contribution in [0, 0.1) is 6.92 Å². The molecule has 0 saturated carbocycles. The Morgan fingerprint density at radius 3 is 2.79 bits per heavy atom. The quantitative estimate of drug-likeness (QED) is 0.364. The number of carbonyl (C=O) groups excluding carboxylic acids is 1. The zero-order chi connectivity index (χ0) is 20.2. The molecule has 4 aromatic rings. The van der Waals surface area contributed by atoms with Crippen LogP contribution in [-0.4, -0.2) is 28.2 Å². The lowest BCUT2D eigenvalue weighted by Crippen LogP contribution is -2.13. The van der Waals surface area contributed by atoms with E-state index in [2.05, 4.69) is 46.5 Å². The van der Waals surface area contributed by atoms with Crippen LogP contribution in [0.2, 0.25) is 0 Å². The van der Waals surface area contributed by atoms with E-state index in [1.807, 2.05) is 30.5 Å². The normalized spacial score (nSPS) is 11.0. The van der Waals surface area contributed by atoms with Crippen LogP contribution in [0.5, 0.6) is 5.75 Å². The molecule has 5 nitrogen and oxygen atoms in total. The van der Waals surface area contributed by atoms with E-state index >= 15 is 0 Å². The maximum absolute atomic E-state index is 12.3. The third-order valence-electron chi connectivity index (χ3n) is 4.07. The second-order valence-corrected chi connectivity index (χ2v) is 9.39. The van der Waals surface area contributed by atoms with Crippen molar-refractivity contribution in [1.82, 2.24) is 9.97 Å². The minimum atomic E-state index is -0.0915. The van der Waals surface area contributed by atoms with Crippen LogP contribution in [0.1, 0.15) is 12.5 Å². The van der Waals surface area contributed by atoms with Gasteiger partial charge >= 0.3 is 0 Å². The molecule has 2 aromatic heterocycles. The van der Waals surface area contributed by atoms with E-state index in [0.29, 0.717) is 17.5 Å². The number of nitrogens with one attached hydrogen (secondary N) is 1. The number of nitrogens with zero attached hydrogens (tertiary/aromatic N) is 2. The van der Waals surface area contributed by atoms with E-state index in [0.717, 1.165) is 31.6 Å². The minimum absolute atomic E-state index is 0.0915. The third-order valence-corrected chi connectivity index (χ3v) is 7.03. The van der Waals surface area contributed by atoms with Crippen LogP contribution >= 0.6 is 34.4 Å². The SMILES string of the molecule is CCOc1ccc2nc(NC(=O)CSc3nc(-c4ccc(C)cc4)cs3)sc2c1. The molecule has 0 unspecified atom stereocenters. The Balaban J connectivity index is 1.35. The molecule has 1 amide bonds. The Hall–Kier alpha value is -2.42. The van der Waals surface area contributed by atoms with Gasteiger partial charge in [-0.15, -0.1) is 11.3 Å². The molecule has 0 atom stereocenters. The molecule has 8 heteroatoms. The molecule has 4 rings (SSSR count). The Morgan fingerprint density at radius 2 is 2.00 bits per heavy atom. The zero-order valence-corrected chi connectivity index (χ0v) is 18.4. The highest BCUT2D eigenvalue weighted by molar-refractivity contribution is 8.01. The minimum Gasteiger partial charge on any atom is -0.494 e. The first-order valence-corrected chi connectivity index (χ1v) is 11.8. The van der Waals surface area contributed by atoms with Gasteiger partial charge in [-0.1, -0.05) is 52.9 Å². The van der Waals surface area contributed by atoms with Gasteiger partial charge in [-0.25, -0.2) is 9.97 Å². The van der Waals surface area contributed by atoms with Crippen molar-refractivity contribution < 1.29 is 9.53 Å². The Bertz CT molecular complexity index is 1140. The van der Waals surface area contributed by atoms with E-state index < -0.39 is 0 Å². The number of hydrogen-bond acceptors (Lipinski definition) is 7. The Labute approximate surface area is 181 Å². The summed E-state index contributed by atoms with van der Waals surface area (Å²) in [5.74, 6) is 1.01. The molecule has 2 heterocycles. The number of hydrogen-bond donors (Lipinski definition) is 1. The van der Waals surface area contributed by atoms with E-state index in [9.17, 15) is 4.79 Å². The number of rotatable bonds is 7. The Kier molecular flexibility index (Phi) is 6.13. The van der Waals surface area contributed by atoms with E-state index in [1.54, 1.807) is 11.3 Å². The smallest absolute Gasteiger partial charge is 0.236 e. The molecule has 0 spiro atoms. The monoisotopic (exact) mass is 441 g/mol. The first kappa shape index (κ1) is 19.9. The molecule has 29 heavy (non-hydrogen) atoms. The van der Waals surface area contributed by atoms with Crippen molar-refractivity contribution >= 4 is 55.7 Å². The number of anilines is 1. The average molecular weight is 442 g/mol. The molecule has 1 N–H and O–H groups in total. The number of amides is 1. The highest BCUT2D eigenvalue weighted by Gasteiger charge is 2.11. The maximum atomic E-state index is 12.3. The first-order valence-electron chi connectivity index (χ1n) is 9.09. The number of aryl methyl sites for hydroxylation is 1. The summed E-state index contributed by atoms with van der Waals surface area (Å²) in [7, 11) is 0. The van der Waals surface area contributed by atoms with E-state index in [1.165, 1.54) is 28.7 Å². The van der Waals surface area contributed by atoms with Gasteiger partial charge in [0.05, 0.1) is 28.3 Å². The van der Waals surface area contributed by atoms with Gasteiger partial charge in [0.1, 0.15) is 5.75 Å². The van der Waals surface area contributed by atoms with Crippen molar-refractivity contribution in [1.29, 1.82) is 0 Å². The van der Waals surface area contributed by atoms with Gasteiger partial charge in [-0.2, -0.15) is 0 Å². The number of benzene rings is 2. The lowest BCUT2D eigenvalue weighted by Gasteiger charge is -2.00. The summed E-state index contributed by atoms with van der Waals surface area (Å²) in [5.41, 5.74) is 4.10. The second kappa shape index (κ2) is 8.94. The van der Waals surface area contributed by atoms with E-state index in [-0.39, 0.29) is 5.91 Å². The van der Waals surface area contributed by atoms with Crippen LogP contribution in [0.15, 0.2) is 52.2 Å². The number of aromatic nitrogens is 2. The van der Waals surface area contributed by atoms with Crippen molar-refractivity contribution in [3.63, 3.8) is 0 Å². The highest BCUT2D eigenvalue weighted by atomic mass is 32.2. The third kappa shape index (κ3) is 4.95. The topological polar surface area (TPSA) is 64.1 Å². The van der Waals surface area contributed by atoms with Crippen molar-refractivity contribution in [3.05, 3.63) is 53.4 Å². The van der Waals surface area contributed by atoms with Gasteiger partial charge in [0, 0.05) is 10.9 Å². The number of carbonyl (C=O) groups is 1. The fourth-order valence-electron chi connectivity index (χ4n) is 2.68. The summed E-state index contributed by atoms with van der Waals surface area (Å²) in [6.45, 7) is 4.63. The van der Waals surface area contributed by atoms with Gasteiger partial charge < -0.3 is 10.1 Å². The lowest BCUT2D eigenvalue weighted by molar-refractivity contribution is -0.113. The molecule has 2 aromatic carbocycles. The number of thioether (sulfide) groups is 1. The molecule has 148 valence electrons. The van der Waals surface area contributed by atoms with Gasteiger partial charge in [-0.05, 0) is 32.0 Å². The summed E-state index contributed by atoms with van der Waals surface area (Å²) in [6.07, 6.45) is 0. The molecule has 0 fully saturated rings. The molecule has 0 bridgehead atoms. The van der Waals surface area contributed by atoms with Crippen molar-refractivity contribution in [3.8, 4) is 17.0 Å². The largest absolute Gasteiger partial charge is 0.494 e. The average Bonchev–Trinajstić information content (AvgIpc) is 3.33. The molecular formula is C21H19N3O2S3. The summed E-state index contributed by atoms with van der Waals surface area (Å²) >= 11 is 4.43. The van der Waals surface area contributed by atoms with Crippen LogP contribution < -0.4 is 10.1 Å². The van der Waals surface area contributed by atoms with Gasteiger partial charge in [0.25, 0.3) is 0 Å². The molecule has 0 aliphatic heterocycles. The zero-order valence-electron chi connectivity index (χ0n) is 16.0. The Morgan fingerprint density at radius 1 is 1.17 bits per heavy atom. The van der Waals surface area contributed by atoms with E-state index in [4.69, 9.17) is 4.74 Å². The van der Waals surface area contributed by atoms with Gasteiger partial charge in [0.2, 0.25) is 5.91 Å². The molecular weight excluding hydrogens is 422 g/mol. The standard InChI is InChI=1S/C21H19N3O2S3/c1-3-26-15-8-9-16-18(10-15)29-20(22-16)24-19(25)12-28-21-23-17(11-27-21)14-6-4-13(2)5-7-14/h4-11H,3,12H2,1-2H3,(H,22,24,25). The van der Waals surface area contributed by atoms with Crippen LogP contribution in [0.25, 0.3) is 21.5 Å². The highest BCUT2D eigenvalue weighted by Crippen LogP contribution is 2.31. The van der Waals surface area contributed by atoms with Gasteiger partial charge in [0.15, 0.2) is 9.47 Å².